The van der Waals surface area contributed by atoms with Crippen molar-refractivity contribution >= 4 is 26.6 Å². The van der Waals surface area contributed by atoms with Gasteiger partial charge in [-0.05, 0) is 47.9 Å². The largest absolute Gasteiger partial charge is 0.284 e. The summed E-state index contributed by atoms with van der Waals surface area (Å²) in [4.78, 5) is 4.86. The van der Waals surface area contributed by atoms with Crippen LogP contribution in [0.1, 0.15) is 5.56 Å². The van der Waals surface area contributed by atoms with Crippen LogP contribution in [0.5, 0.6) is 0 Å². The van der Waals surface area contributed by atoms with Crippen molar-refractivity contribution in [2.45, 2.75) is 6.92 Å². The Kier molecular flexibility index (Phi) is 4.61. The second-order valence-electron chi connectivity index (χ2n) is 6.89. The first-order chi connectivity index (χ1) is 13.4. The van der Waals surface area contributed by atoms with Crippen LogP contribution in [-0.2, 0) is 10.0 Å². The number of benzene rings is 3. The number of rotatable bonds is 4. The molecule has 4 aromatic rings. The Morgan fingerprint density at radius 2 is 1.54 bits per heavy atom. The molecule has 1 heterocycles. The fraction of sp³-hybridized carbons (Fsp3) is 0.0870. The highest BCUT2D eigenvalue weighted by Crippen LogP contribution is 2.32. The zero-order valence-corrected chi connectivity index (χ0v) is 16.5. The zero-order chi connectivity index (χ0) is 19.7. The van der Waals surface area contributed by atoms with Crippen LogP contribution < -0.4 is 4.72 Å². The lowest BCUT2D eigenvalue weighted by molar-refractivity contribution is 0.607. The van der Waals surface area contributed by atoms with Gasteiger partial charge in [-0.25, -0.2) is 13.4 Å². The molecule has 140 valence electrons. The standard InChI is InChI=1S/C23H20N2O2S/c1-16-8-13-20-21(17-6-4-3-5-7-17)15-22(24-23(20)14-16)18-9-11-19(12-10-18)25-28(2,26)27/h3-15,25H,1-2H3. The Hall–Kier alpha value is -3.18. The minimum atomic E-state index is -3.30. The number of hydrogen-bond donors (Lipinski definition) is 1. The monoisotopic (exact) mass is 388 g/mol. The molecule has 0 fully saturated rings. The van der Waals surface area contributed by atoms with Crippen molar-refractivity contribution < 1.29 is 8.42 Å². The van der Waals surface area contributed by atoms with Gasteiger partial charge in [0.15, 0.2) is 0 Å². The topological polar surface area (TPSA) is 59.1 Å². The Bertz CT molecular complexity index is 1250. The molecule has 0 aliphatic carbocycles. The third-order valence-corrected chi connectivity index (χ3v) is 5.14. The van der Waals surface area contributed by atoms with E-state index in [-0.39, 0.29) is 0 Å². The minimum absolute atomic E-state index is 0.533. The number of anilines is 1. The Labute approximate surface area is 164 Å². The first-order valence-electron chi connectivity index (χ1n) is 8.94. The number of nitrogens with one attached hydrogen (secondary N) is 1. The van der Waals surface area contributed by atoms with Gasteiger partial charge in [-0.15, -0.1) is 0 Å². The number of pyridine rings is 1. The van der Waals surface area contributed by atoms with Crippen LogP contribution in [0.2, 0.25) is 0 Å². The van der Waals surface area contributed by atoms with Gasteiger partial charge in [-0.3, -0.25) is 4.72 Å². The molecule has 0 aliphatic rings. The molecule has 0 bridgehead atoms. The lowest BCUT2D eigenvalue weighted by atomic mass is 9.97. The van der Waals surface area contributed by atoms with E-state index in [1.165, 1.54) is 0 Å². The molecule has 1 aromatic heterocycles. The molecular formula is C23H20N2O2S. The van der Waals surface area contributed by atoms with Gasteiger partial charge in [0.05, 0.1) is 17.5 Å². The molecule has 0 radical (unpaired) electrons. The maximum atomic E-state index is 11.4. The van der Waals surface area contributed by atoms with Crippen molar-refractivity contribution in [1.29, 1.82) is 0 Å². The summed E-state index contributed by atoms with van der Waals surface area (Å²) in [6.07, 6.45) is 1.14. The molecule has 0 unspecified atom stereocenters. The van der Waals surface area contributed by atoms with Gasteiger partial charge in [0, 0.05) is 16.6 Å². The van der Waals surface area contributed by atoms with Gasteiger partial charge in [0.25, 0.3) is 0 Å². The quantitative estimate of drug-likeness (QED) is 0.519. The van der Waals surface area contributed by atoms with E-state index in [1.807, 2.05) is 30.3 Å². The highest BCUT2D eigenvalue weighted by Gasteiger charge is 2.10. The molecule has 0 atom stereocenters. The second-order valence-corrected chi connectivity index (χ2v) is 8.64. The molecule has 0 amide bonds. The molecule has 0 saturated heterocycles. The van der Waals surface area contributed by atoms with E-state index >= 15 is 0 Å². The Morgan fingerprint density at radius 1 is 0.821 bits per heavy atom. The summed E-state index contributed by atoms with van der Waals surface area (Å²) in [5.74, 6) is 0. The van der Waals surface area contributed by atoms with E-state index in [1.54, 1.807) is 12.1 Å². The number of sulfonamides is 1. The molecule has 0 spiro atoms. The summed E-state index contributed by atoms with van der Waals surface area (Å²) in [5.41, 5.74) is 6.67. The van der Waals surface area contributed by atoms with Gasteiger partial charge in [0.1, 0.15) is 0 Å². The third-order valence-electron chi connectivity index (χ3n) is 4.53. The Morgan fingerprint density at radius 3 is 2.21 bits per heavy atom. The van der Waals surface area contributed by atoms with Gasteiger partial charge in [-0.1, -0.05) is 54.6 Å². The van der Waals surface area contributed by atoms with E-state index in [4.69, 9.17) is 4.98 Å². The van der Waals surface area contributed by atoms with Crippen LogP contribution in [0.3, 0.4) is 0 Å². The number of hydrogen-bond acceptors (Lipinski definition) is 3. The van der Waals surface area contributed by atoms with E-state index < -0.39 is 10.0 Å². The third kappa shape index (κ3) is 3.89. The molecule has 4 rings (SSSR count). The molecule has 5 heteroatoms. The van der Waals surface area contributed by atoms with Gasteiger partial charge in [-0.2, -0.15) is 0 Å². The molecule has 3 aromatic carbocycles. The summed E-state index contributed by atoms with van der Waals surface area (Å²) in [6, 6.07) is 25.9. The fourth-order valence-electron chi connectivity index (χ4n) is 3.27. The average molecular weight is 388 g/mol. The van der Waals surface area contributed by atoms with Crippen molar-refractivity contribution in [2.75, 3.05) is 11.0 Å². The molecule has 28 heavy (non-hydrogen) atoms. The summed E-state index contributed by atoms with van der Waals surface area (Å²) in [5, 5.41) is 1.11. The minimum Gasteiger partial charge on any atom is -0.284 e. The van der Waals surface area contributed by atoms with Crippen molar-refractivity contribution in [3.8, 4) is 22.4 Å². The number of nitrogens with zero attached hydrogens (tertiary/aromatic N) is 1. The zero-order valence-electron chi connectivity index (χ0n) is 15.7. The van der Waals surface area contributed by atoms with Crippen molar-refractivity contribution in [2.24, 2.45) is 0 Å². The summed E-state index contributed by atoms with van der Waals surface area (Å²) in [7, 11) is -3.30. The maximum Gasteiger partial charge on any atom is 0.229 e. The van der Waals surface area contributed by atoms with Crippen molar-refractivity contribution in [3.63, 3.8) is 0 Å². The number of fused-ring (bicyclic) bond motifs is 1. The SMILES string of the molecule is Cc1ccc2c(-c3ccccc3)cc(-c3ccc(NS(C)(=O)=O)cc3)nc2c1. The molecule has 0 aliphatic heterocycles. The molecule has 4 nitrogen and oxygen atoms in total. The van der Waals surface area contributed by atoms with Crippen molar-refractivity contribution in [3.05, 3.63) is 84.4 Å². The Balaban J connectivity index is 1.86. The van der Waals surface area contributed by atoms with Crippen LogP contribution in [0.15, 0.2) is 78.9 Å². The van der Waals surface area contributed by atoms with Crippen LogP contribution >= 0.6 is 0 Å². The van der Waals surface area contributed by atoms with Gasteiger partial charge < -0.3 is 0 Å². The van der Waals surface area contributed by atoms with Crippen LogP contribution in [0.25, 0.3) is 33.3 Å². The predicted octanol–water partition coefficient (Wildman–Crippen LogP) is 5.25. The second kappa shape index (κ2) is 7.09. The van der Waals surface area contributed by atoms with Gasteiger partial charge >= 0.3 is 0 Å². The highest BCUT2D eigenvalue weighted by molar-refractivity contribution is 7.92. The van der Waals surface area contributed by atoms with E-state index in [0.717, 1.165) is 45.1 Å². The molecule has 1 N–H and O–H groups in total. The molecule has 0 saturated carbocycles. The maximum absolute atomic E-state index is 11.4. The highest BCUT2D eigenvalue weighted by atomic mass is 32.2. The van der Waals surface area contributed by atoms with Crippen LogP contribution in [-0.4, -0.2) is 19.7 Å². The average Bonchev–Trinajstić information content (AvgIpc) is 2.67. The lowest BCUT2D eigenvalue weighted by Gasteiger charge is -2.12. The summed E-state index contributed by atoms with van der Waals surface area (Å²) in [6.45, 7) is 2.06. The molecular weight excluding hydrogens is 368 g/mol. The van der Waals surface area contributed by atoms with E-state index in [2.05, 4.69) is 48.0 Å². The smallest absolute Gasteiger partial charge is 0.229 e. The van der Waals surface area contributed by atoms with Crippen LogP contribution in [0.4, 0.5) is 5.69 Å². The van der Waals surface area contributed by atoms with E-state index in [0.29, 0.717) is 5.69 Å². The normalized spacial score (nSPS) is 11.5. The first-order valence-corrected chi connectivity index (χ1v) is 10.8. The van der Waals surface area contributed by atoms with Crippen molar-refractivity contribution in [1.82, 2.24) is 4.98 Å². The fourth-order valence-corrected chi connectivity index (χ4v) is 3.83. The predicted molar refractivity (Wildman–Crippen MR) is 116 cm³/mol. The van der Waals surface area contributed by atoms with Gasteiger partial charge in [0.2, 0.25) is 10.0 Å². The summed E-state index contributed by atoms with van der Waals surface area (Å²) >= 11 is 0. The van der Waals surface area contributed by atoms with Crippen LogP contribution in [0, 0.1) is 6.92 Å². The first kappa shape index (κ1) is 18.2. The summed E-state index contributed by atoms with van der Waals surface area (Å²) < 4.78 is 25.3. The number of aryl methyl sites for hydroxylation is 1. The lowest BCUT2D eigenvalue weighted by Crippen LogP contribution is -2.09. The van der Waals surface area contributed by atoms with E-state index in [9.17, 15) is 8.42 Å². The number of aromatic nitrogens is 1.